The third-order valence-corrected chi connectivity index (χ3v) is 8.13. The lowest BCUT2D eigenvalue weighted by molar-refractivity contribution is -0.137. The average Bonchev–Trinajstić information content (AvgIpc) is 2.65. The van der Waals surface area contributed by atoms with E-state index in [1.165, 1.54) is 16.4 Å². The molecule has 0 spiro atoms. The summed E-state index contributed by atoms with van der Waals surface area (Å²) in [6.07, 6.45) is -4.59. The number of hydrogen-bond acceptors (Lipinski definition) is 4. The molecule has 0 aliphatic carbocycles. The van der Waals surface area contributed by atoms with Crippen LogP contribution in [-0.4, -0.2) is 34.2 Å². The molecule has 0 radical (unpaired) electrons. The molecule has 2 aromatic rings. The number of benzene rings is 2. The van der Waals surface area contributed by atoms with Gasteiger partial charge in [0, 0.05) is 13.1 Å². The maximum Gasteiger partial charge on any atom is 0.416 e. The maximum atomic E-state index is 12.8. The summed E-state index contributed by atoms with van der Waals surface area (Å²) in [5.74, 6) is 0. The first-order chi connectivity index (χ1) is 13.7. The Labute approximate surface area is 174 Å². The first kappa shape index (κ1) is 24.2. The molecule has 0 aliphatic rings. The van der Waals surface area contributed by atoms with Crippen LogP contribution in [0.1, 0.15) is 30.5 Å². The van der Waals surface area contributed by atoms with Crippen LogP contribution in [0.5, 0.6) is 0 Å². The Bertz CT molecular complexity index is 1120. The topological polar surface area (TPSA) is 83.6 Å². The van der Waals surface area contributed by atoms with Gasteiger partial charge in [-0.3, -0.25) is 4.72 Å². The van der Waals surface area contributed by atoms with E-state index in [2.05, 4.69) is 4.72 Å². The summed E-state index contributed by atoms with van der Waals surface area (Å²) in [7, 11) is -8.07. The Morgan fingerprint density at radius 3 is 1.90 bits per heavy atom. The highest BCUT2D eigenvalue weighted by Gasteiger charge is 2.31. The van der Waals surface area contributed by atoms with E-state index < -0.39 is 31.8 Å². The highest BCUT2D eigenvalue weighted by Crippen LogP contribution is 2.31. The number of aryl methyl sites for hydroxylation is 1. The Balaban J connectivity index is 2.48. The van der Waals surface area contributed by atoms with Gasteiger partial charge in [0.2, 0.25) is 10.0 Å². The molecule has 2 rings (SSSR count). The summed E-state index contributed by atoms with van der Waals surface area (Å²) in [4.78, 5) is -0.441. The predicted molar refractivity (Wildman–Crippen MR) is 108 cm³/mol. The molecule has 0 heterocycles. The molecule has 6 nitrogen and oxygen atoms in total. The highest BCUT2D eigenvalue weighted by molar-refractivity contribution is 7.92. The van der Waals surface area contributed by atoms with Gasteiger partial charge in [-0.05, 0) is 61.4 Å². The van der Waals surface area contributed by atoms with Crippen LogP contribution in [0.25, 0.3) is 0 Å². The van der Waals surface area contributed by atoms with Gasteiger partial charge in [0.05, 0.1) is 21.0 Å². The zero-order valence-electron chi connectivity index (χ0n) is 16.9. The largest absolute Gasteiger partial charge is 0.416 e. The zero-order valence-corrected chi connectivity index (χ0v) is 18.5. The van der Waals surface area contributed by atoms with Crippen LogP contribution in [0.3, 0.4) is 0 Å². The standard InChI is InChI=1S/C19H23F3N2O4S2/c1-5-24(6-2)30(27,28)17-11-13(3)14(4)18(12-17)23-29(25,26)16-9-7-15(8-10-16)19(20,21)22/h7-12,23H,5-6H2,1-4H3. The minimum Gasteiger partial charge on any atom is -0.279 e. The van der Waals surface area contributed by atoms with Crippen molar-refractivity contribution in [1.82, 2.24) is 4.31 Å². The lowest BCUT2D eigenvalue weighted by atomic mass is 10.1. The summed E-state index contributed by atoms with van der Waals surface area (Å²) in [6, 6.07) is 5.73. The van der Waals surface area contributed by atoms with Gasteiger partial charge in [0.25, 0.3) is 10.0 Å². The van der Waals surface area contributed by atoms with Crippen LogP contribution >= 0.6 is 0 Å². The summed E-state index contributed by atoms with van der Waals surface area (Å²) in [6.45, 7) is 7.14. The zero-order chi connectivity index (χ0) is 22.9. The Morgan fingerprint density at radius 2 is 1.43 bits per heavy atom. The van der Waals surface area contributed by atoms with Crippen molar-refractivity contribution in [3.63, 3.8) is 0 Å². The van der Waals surface area contributed by atoms with Crippen LogP contribution < -0.4 is 4.72 Å². The van der Waals surface area contributed by atoms with Gasteiger partial charge >= 0.3 is 6.18 Å². The van der Waals surface area contributed by atoms with Crippen LogP contribution in [0.4, 0.5) is 18.9 Å². The molecule has 0 amide bonds. The molecule has 11 heteroatoms. The minimum atomic E-state index is -4.59. The SMILES string of the molecule is CCN(CC)S(=O)(=O)c1cc(C)c(C)c(NS(=O)(=O)c2ccc(C(F)(F)F)cc2)c1. The molecule has 0 atom stereocenters. The quantitative estimate of drug-likeness (QED) is 0.667. The third kappa shape index (κ3) is 4.96. The lowest BCUT2D eigenvalue weighted by Gasteiger charge is -2.20. The number of sulfonamides is 2. The monoisotopic (exact) mass is 464 g/mol. The molecule has 0 bridgehead atoms. The second-order valence-corrected chi connectivity index (χ2v) is 10.3. The molecular formula is C19H23F3N2O4S2. The highest BCUT2D eigenvalue weighted by atomic mass is 32.2. The molecule has 1 N–H and O–H groups in total. The Hall–Kier alpha value is -2.11. The van der Waals surface area contributed by atoms with Gasteiger partial charge in [0.15, 0.2) is 0 Å². The van der Waals surface area contributed by atoms with E-state index in [4.69, 9.17) is 0 Å². The van der Waals surface area contributed by atoms with Crippen molar-refractivity contribution < 1.29 is 30.0 Å². The number of nitrogens with one attached hydrogen (secondary N) is 1. The van der Waals surface area contributed by atoms with Gasteiger partial charge in [0.1, 0.15) is 0 Å². The number of alkyl halides is 3. The van der Waals surface area contributed by atoms with E-state index in [1.54, 1.807) is 27.7 Å². The van der Waals surface area contributed by atoms with Gasteiger partial charge in [-0.2, -0.15) is 17.5 Å². The first-order valence-electron chi connectivity index (χ1n) is 9.05. The second-order valence-electron chi connectivity index (χ2n) is 6.63. The fourth-order valence-corrected chi connectivity index (χ4v) is 5.50. The van der Waals surface area contributed by atoms with E-state index in [-0.39, 0.29) is 28.6 Å². The number of anilines is 1. The van der Waals surface area contributed by atoms with Crippen molar-refractivity contribution in [2.24, 2.45) is 0 Å². The summed E-state index contributed by atoms with van der Waals surface area (Å²) in [5, 5.41) is 0. The van der Waals surface area contributed by atoms with Crippen molar-refractivity contribution >= 4 is 25.7 Å². The molecule has 0 aromatic heterocycles. The van der Waals surface area contributed by atoms with E-state index in [0.717, 1.165) is 12.1 Å². The van der Waals surface area contributed by atoms with Crippen molar-refractivity contribution in [3.8, 4) is 0 Å². The minimum absolute atomic E-state index is 0.0422. The maximum absolute atomic E-state index is 12.8. The van der Waals surface area contributed by atoms with Crippen LogP contribution in [-0.2, 0) is 26.2 Å². The summed E-state index contributed by atoms with van der Waals surface area (Å²) in [5.41, 5.74) is 0.124. The van der Waals surface area contributed by atoms with Crippen molar-refractivity contribution in [2.75, 3.05) is 17.8 Å². The summed E-state index contributed by atoms with van der Waals surface area (Å²) < 4.78 is 92.7. The molecule has 2 aromatic carbocycles. The normalized spacial score (nSPS) is 12.9. The van der Waals surface area contributed by atoms with Gasteiger partial charge < -0.3 is 0 Å². The van der Waals surface area contributed by atoms with Gasteiger partial charge in [-0.1, -0.05) is 13.8 Å². The Morgan fingerprint density at radius 1 is 0.900 bits per heavy atom. The molecule has 0 saturated carbocycles. The van der Waals surface area contributed by atoms with Crippen molar-refractivity contribution in [3.05, 3.63) is 53.1 Å². The molecular weight excluding hydrogens is 441 g/mol. The summed E-state index contributed by atoms with van der Waals surface area (Å²) >= 11 is 0. The van der Waals surface area contributed by atoms with Crippen LogP contribution in [0.15, 0.2) is 46.2 Å². The van der Waals surface area contributed by atoms with Crippen molar-refractivity contribution in [1.29, 1.82) is 0 Å². The fourth-order valence-electron chi connectivity index (χ4n) is 2.82. The molecule has 0 saturated heterocycles. The van der Waals surface area contributed by atoms with E-state index in [1.807, 2.05) is 0 Å². The first-order valence-corrected chi connectivity index (χ1v) is 12.0. The number of halogens is 3. The number of hydrogen-bond donors (Lipinski definition) is 1. The smallest absolute Gasteiger partial charge is 0.279 e. The molecule has 0 unspecified atom stereocenters. The average molecular weight is 465 g/mol. The lowest BCUT2D eigenvalue weighted by Crippen LogP contribution is -2.30. The van der Waals surface area contributed by atoms with E-state index in [0.29, 0.717) is 23.3 Å². The number of nitrogens with zero attached hydrogens (tertiary/aromatic N) is 1. The number of rotatable bonds is 7. The van der Waals surface area contributed by atoms with Gasteiger partial charge in [-0.15, -0.1) is 0 Å². The Kier molecular flexibility index (Phi) is 6.89. The van der Waals surface area contributed by atoms with Crippen molar-refractivity contribution in [2.45, 2.75) is 43.7 Å². The molecule has 0 fully saturated rings. The molecule has 0 aliphatic heterocycles. The molecule has 30 heavy (non-hydrogen) atoms. The third-order valence-electron chi connectivity index (χ3n) is 4.72. The predicted octanol–water partition coefficient (Wildman–Crippen LogP) is 4.15. The second kappa shape index (κ2) is 8.56. The van der Waals surface area contributed by atoms with E-state index >= 15 is 0 Å². The van der Waals surface area contributed by atoms with Crippen LogP contribution in [0.2, 0.25) is 0 Å². The van der Waals surface area contributed by atoms with Gasteiger partial charge in [-0.25, -0.2) is 16.8 Å². The fraction of sp³-hybridized carbons (Fsp3) is 0.368. The van der Waals surface area contributed by atoms with E-state index in [9.17, 15) is 30.0 Å². The molecule has 166 valence electrons. The van der Waals surface area contributed by atoms with Crippen LogP contribution in [0, 0.1) is 13.8 Å².